The minimum atomic E-state index is -5.27. The molecular formula is C9H7F6N3O2. The highest BCUT2D eigenvalue weighted by Gasteiger charge is 2.58. The van der Waals surface area contributed by atoms with Crippen molar-refractivity contribution in [3.63, 3.8) is 0 Å². The van der Waals surface area contributed by atoms with E-state index in [0.717, 1.165) is 0 Å². The van der Waals surface area contributed by atoms with E-state index in [1.165, 1.54) is 5.32 Å². The summed E-state index contributed by atoms with van der Waals surface area (Å²) in [5.41, 5.74) is -5.01. The Labute approximate surface area is 107 Å². The van der Waals surface area contributed by atoms with Crippen molar-refractivity contribution in [2.24, 2.45) is 0 Å². The smallest absolute Gasteiger partial charge is 0.433 e. The van der Waals surface area contributed by atoms with Crippen LogP contribution in [0.4, 0.5) is 32.3 Å². The number of carbonyl (C=O) groups is 1. The molecule has 0 saturated heterocycles. The van der Waals surface area contributed by atoms with Crippen LogP contribution in [0, 0.1) is 0 Å². The van der Waals surface area contributed by atoms with Gasteiger partial charge in [0, 0.05) is 6.20 Å². The van der Waals surface area contributed by atoms with E-state index >= 15 is 0 Å². The van der Waals surface area contributed by atoms with Crippen LogP contribution >= 0.6 is 0 Å². The van der Waals surface area contributed by atoms with Crippen molar-refractivity contribution < 1.29 is 36.2 Å². The van der Waals surface area contributed by atoms with Crippen molar-refractivity contribution in [2.75, 3.05) is 5.32 Å². The Bertz CT molecular complexity index is 515. The molecule has 0 bridgehead atoms. The summed E-state index contributed by atoms with van der Waals surface area (Å²) in [5.74, 6) is -3.42. The van der Waals surface area contributed by atoms with Crippen LogP contribution in [0.15, 0.2) is 12.3 Å². The van der Waals surface area contributed by atoms with Crippen molar-refractivity contribution in [1.29, 1.82) is 0 Å². The predicted octanol–water partition coefficient (Wildman–Crippen LogP) is 2.31. The SMILES string of the molecule is CC(Nc1nccc(C(F)(F)F)n1)(C(=O)O)C(F)(F)F. The number of hydrogen-bond acceptors (Lipinski definition) is 4. The van der Waals surface area contributed by atoms with E-state index in [0.29, 0.717) is 12.3 Å². The van der Waals surface area contributed by atoms with Crippen LogP contribution < -0.4 is 5.32 Å². The van der Waals surface area contributed by atoms with Gasteiger partial charge in [0.25, 0.3) is 0 Å². The summed E-state index contributed by atoms with van der Waals surface area (Å²) in [6.07, 6.45) is -9.59. The number of nitrogens with one attached hydrogen (secondary N) is 1. The fourth-order valence-electron chi connectivity index (χ4n) is 1.05. The number of rotatable bonds is 3. The second kappa shape index (κ2) is 4.80. The normalized spacial score (nSPS) is 15.6. The zero-order chi connectivity index (χ0) is 15.8. The van der Waals surface area contributed by atoms with Crippen LogP contribution in [-0.4, -0.2) is 32.8 Å². The highest BCUT2D eigenvalue weighted by molar-refractivity contribution is 5.82. The van der Waals surface area contributed by atoms with Gasteiger partial charge in [-0.1, -0.05) is 0 Å². The van der Waals surface area contributed by atoms with Gasteiger partial charge in [-0.15, -0.1) is 0 Å². The van der Waals surface area contributed by atoms with Crippen LogP contribution in [0.2, 0.25) is 0 Å². The molecule has 112 valence electrons. The van der Waals surface area contributed by atoms with Gasteiger partial charge >= 0.3 is 18.3 Å². The fraction of sp³-hybridized carbons (Fsp3) is 0.444. The Hall–Kier alpha value is -2.07. The van der Waals surface area contributed by atoms with Gasteiger partial charge in [-0.25, -0.2) is 14.8 Å². The van der Waals surface area contributed by atoms with E-state index in [-0.39, 0.29) is 6.92 Å². The van der Waals surface area contributed by atoms with Crippen LogP contribution in [0.3, 0.4) is 0 Å². The van der Waals surface area contributed by atoms with Gasteiger partial charge in [-0.2, -0.15) is 26.3 Å². The molecular weight excluding hydrogens is 296 g/mol. The number of halogens is 6. The van der Waals surface area contributed by atoms with E-state index in [1.807, 2.05) is 0 Å². The lowest BCUT2D eigenvalue weighted by atomic mass is 10.0. The third-order valence-electron chi connectivity index (χ3n) is 2.30. The average molecular weight is 303 g/mol. The van der Waals surface area contributed by atoms with Crippen LogP contribution in [0.25, 0.3) is 0 Å². The molecule has 0 aliphatic heterocycles. The van der Waals surface area contributed by atoms with Gasteiger partial charge in [-0.05, 0) is 13.0 Å². The number of anilines is 1. The summed E-state index contributed by atoms with van der Waals surface area (Å²) in [6, 6.07) is 0.441. The second-order valence-electron chi connectivity index (χ2n) is 3.82. The number of carboxylic acids is 1. The molecule has 0 radical (unpaired) electrons. The monoisotopic (exact) mass is 303 g/mol. The molecule has 1 aromatic heterocycles. The maximum atomic E-state index is 12.7. The maximum Gasteiger partial charge on any atom is 0.433 e. The lowest BCUT2D eigenvalue weighted by Crippen LogP contribution is -2.56. The van der Waals surface area contributed by atoms with E-state index < -0.39 is 35.5 Å². The lowest BCUT2D eigenvalue weighted by Gasteiger charge is -2.28. The molecule has 1 aromatic rings. The highest BCUT2D eigenvalue weighted by Crippen LogP contribution is 2.33. The Morgan fingerprint density at radius 2 is 1.80 bits per heavy atom. The summed E-state index contributed by atoms with van der Waals surface area (Å²) >= 11 is 0. The number of aromatic nitrogens is 2. The summed E-state index contributed by atoms with van der Waals surface area (Å²) in [5, 5.41) is 9.96. The van der Waals surface area contributed by atoms with Crippen LogP contribution in [0.1, 0.15) is 12.6 Å². The van der Waals surface area contributed by atoms with E-state index in [4.69, 9.17) is 5.11 Å². The molecule has 0 aliphatic carbocycles. The Morgan fingerprint density at radius 1 is 1.25 bits per heavy atom. The first-order valence-corrected chi connectivity index (χ1v) is 4.86. The molecule has 1 rings (SSSR count). The molecule has 0 amide bonds. The summed E-state index contributed by atoms with van der Waals surface area (Å²) < 4.78 is 75.0. The zero-order valence-corrected chi connectivity index (χ0v) is 9.67. The van der Waals surface area contributed by atoms with Crippen LogP contribution in [0.5, 0.6) is 0 Å². The Balaban J connectivity index is 3.18. The number of hydrogen-bond donors (Lipinski definition) is 2. The molecule has 1 heterocycles. The number of aliphatic carboxylic acids is 1. The van der Waals surface area contributed by atoms with Gasteiger partial charge in [0.1, 0.15) is 5.69 Å². The van der Waals surface area contributed by atoms with E-state index in [2.05, 4.69) is 9.97 Å². The van der Waals surface area contributed by atoms with Gasteiger partial charge < -0.3 is 10.4 Å². The Kier molecular flexibility index (Phi) is 3.83. The molecule has 2 N–H and O–H groups in total. The third-order valence-corrected chi connectivity index (χ3v) is 2.30. The molecule has 1 atom stereocenters. The molecule has 0 aromatic carbocycles. The van der Waals surface area contributed by atoms with Crippen molar-refractivity contribution in [3.05, 3.63) is 18.0 Å². The van der Waals surface area contributed by atoms with Crippen LogP contribution in [-0.2, 0) is 11.0 Å². The molecule has 20 heavy (non-hydrogen) atoms. The molecule has 0 aliphatic rings. The fourth-order valence-corrected chi connectivity index (χ4v) is 1.05. The minimum Gasteiger partial charge on any atom is -0.479 e. The molecule has 1 unspecified atom stereocenters. The third kappa shape index (κ3) is 3.08. The first kappa shape index (κ1) is 16.0. The lowest BCUT2D eigenvalue weighted by molar-refractivity contribution is -0.193. The predicted molar refractivity (Wildman–Crippen MR) is 52.8 cm³/mol. The molecule has 0 spiro atoms. The highest BCUT2D eigenvalue weighted by atomic mass is 19.4. The number of alkyl halides is 6. The van der Waals surface area contributed by atoms with Gasteiger partial charge in [-0.3, -0.25) is 0 Å². The standard InChI is InChI=1S/C9H7F6N3O2/c1-7(5(19)20,9(13,14)15)18-6-16-3-2-4(17-6)8(10,11)12/h2-3H,1H3,(H,19,20)(H,16,17,18). The van der Waals surface area contributed by atoms with Gasteiger partial charge in [0.05, 0.1) is 0 Å². The first-order chi connectivity index (χ1) is 8.88. The number of carboxylic acid groups (broad SMARTS) is 1. The largest absolute Gasteiger partial charge is 0.479 e. The van der Waals surface area contributed by atoms with E-state index in [9.17, 15) is 31.1 Å². The average Bonchev–Trinajstić information content (AvgIpc) is 2.26. The number of nitrogens with zero attached hydrogens (tertiary/aromatic N) is 2. The zero-order valence-electron chi connectivity index (χ0n) is 9.67. The first-order valence-electron chi connectivity index (χ1n) is 4.86. The van der Waals surface area contributed by atoms with Gasteiger partial charge in [0.15, 0.2) is 0 Å². The van der Waals surface area contributed by atoms with E-state index in [1.54, 1.807) is 0 Å². The second-order valence-corrected chi connectivity index (χ2v) is 3.82. The van der Waals surface area contributed by atoms with Crippen molar-refractivity contribution >= 4 is 11.9 Å². The van der Waals surface area contributed by atoms with Crippen molar-refractivity contribution in [2.45, 2.75) is 24.8 Å². The minimum absolute atomic E-state index is 0.249. The topological polar surface area (TPSA) is 75.1 Å². The molecule has 0 fully saturated rings. The summed E-state index contributed by atoms with van der Waals surface area (Å²) in [6.45, 7) is 0.249. The maximum absolute atomic E-state index is 12.7. The molecule has 0 saturated carbocycles. The molecule has 11 heteroatoms. The Morgan fingerprint density at radius 3 is 2.20 bits per heavy atom. The quantitative estimate of drug-likeness (QED) is 0.838. The van der Waals surface area contributed by atoms with Crippen molar-refractivity contribution in [3.8, 4) is 0 Å². The van der Waals surface area contributed by atoms with Crippen molar-refractivity contribution in [1.82, 2.24) is 9.97 Å². The summed E-state index contributed by atoms with van der Waals surface area (Å²) in [4.78, 5) is 16.7. The molecule has 5 nitrogen and oxygen atoms in total. The summed E-state index contributed by atoms with van der Waals surface area (Å²) in [7, 11) is 0. The van der Waals surface area contributed by atoms with Gasteiger partial charge in [0.2, 0.25) is 11.5 Å².